The number of fused-ring (bicyclic) bond motifs is 1. The van der Waals surface area contributed by atoms with Crippen LogP contribution >= 0.6 is 23.4 Å². The van der Waals surface area contributed by atoms with Crippen LogP contribution in [0.15, 0.2) is 35.2 Å². The number of primary amides is 1. The smallest absolute Gasteiger partial charge is 0.252 e. The van der Waals surface area contributed by atoms with Crippen molar-refractivity contribution in [2.45, 2.75) is 10.9 Å². The maximum atomic E-state index is 11.4. The molecule has 1 aromatic carbocycles. The second-order valence-electron chi connectivity index (χ2n) is 4.34. The quantitative estimate of drug-likeness (QED) is 0.910. The molecule has 2 heterocycles. The third kappa shape index (κ3) is 2.44. The highest BCUT2D eigenvalue weighted by molar-refractivity contribution is 7.99. The number of carbonyl (C=O) groups excluding carboxylic acids is 1. The number of halogens is 1. The lowest BCUT2D eigenvalue weighted by molar-refractivity contribution is 0.100. The summed E-state index contributed by atoms with van der Waals surface area (Å²) in [5.74, 6) is 0.648. The first-order valence-electron chi connectivity index (χ1n) is 5.96. The molecule has 3 rings (SSSR count). The van der Waals surface area contributed by atoms with Gasteiger partial charge in [0.2, 0.25) is 0 Å². The first-order valence-corrected chi connectivity index (χ1v) is 7.33. The molecule has 0 fully saturated rings. The number of carbonyl (C=O) groups is 1. The third-order valence-electron chi connectivity index (χ3n) is 3.04. The second kappa shape index (κ2) is 5.30. The first kappa shape index (κ1) is 13.2. The molecule has 7 heteroatoms. The summed E-state index contributed by atoms with van der Waals surface area (Å²) < 4.78 is 0. The van der Waals surface area contributed by atoms with Gasteiger partial charge in [-0.15, -0.1) is 22.0 Å². The van der Waals surface area contributed by atoms with Crippen molar-refractivity contribution in [3.8, 4) is 0 Å². The van der Waals surface area contributed by atoms with Crippen LogP contribution in [0.25, 0.3) is 0 Å². The van der Waals surface area contributed by atoms with E-state index in [0.717, 1.165) is 5.75 Å². The lowest BCUT2D eigenvalue weighted by Gasteiger charge is -2.15. The molecule has 20 heavy (non-hydrogen) atoms. The van der Waals surface area contributed by atoms with Gasteiger partial charge in [-0.25, -0.2) is 0 Å². The van der Waals surface area contributed by atoms with Gasteiger partial charge in [-0.3, -0.25) is 4.79 Å². The number of thioether (sulfide) groups is 1. The Bertz CT molecular complexity index is 679. The van der Waals surface area contributed by atoms with Gasteiger partial charge in [0.15, 0.2) is 11.0 Å². The third-order valence-corrected chi connectivity index (χ3v) is 4.41. The van der Waals surface area contributed by atoms with E-state index in [4.69, 9.17) is 17.3 Å². The number of hydrogen-bond donors (Lipinski definition) is 2. The molecule has 0 spiro atoms. The summed E-state index contributed by atoms with van der Waals surface area (Å²) in [6.07, 6.45) is 0. The minimum Gasteiger partial charge on any atom is -0.365 e. The highest BCUT2D eigenvalue weighted by Gasteiger charge is 2.24. The topological polar surface area (TPSA) is 80.9 Å². The largest absolute Gasteiger partial charge is 0.365 e. The van der Waals surface area contributed by atoms with Crippen molar-refractivity contribution in [2.75, 3.05) is 11.1 Å². The molecule has 0 saturated carbocycles. The Morgan fingerprint density at radius 2 is 2.20 bits per heavy atom. The fourth-order valence-corrected chi connectivity index (χ4v) is 3.42. The van der Waals surface area contributed by atoms with Crippen molar-refractivity contribution in [3.05, 3.63) is 46.6 Å². The van der Waals surface area contributed by atoms with E-state index in [1.807, 2.05) is 12.1 Å². The molecule has 1 aliphatic rings. The average molecular weight is 307 g/mol. The Morgan fingerprint density at radius 3 is 3.00 bits per heavy atom. The monoisotopic (exact) mass is 306 g/mol. The normalized spacial score (nSPS) is 16.8. The van der Waals surface area contributed by atoms with E-state index in [-0.39, 0.29) is 16.8 Å². The van der Waals surface area contributed by atoms with E-state index >= 15 is 0 Å². The Balaban J connectivity index is 1.92. The van der Waals surface area contributed by atoms with Crippen LogP contribution in [0.2, 0.25) is 5.15 Å². The number of amides is 1. The van der Waals surface area contributed by atoms with Crippen LogP contribution in [-0.4, -0.2) is 21.9 Å². The molecule has 1 amide bonds. The molecule has 0 saturated heterocycles. The maximum absolute atomic E-state index is 11.4. The summed E-state index contributed by atoms with van der Waals surface area (Å²) in [6.45, 7) is 0. The molecule has 1 unspecified atom stereocenters. The minimum atomic E-state index is -0.580. The zero-order valence-corrected chi connectivity index (χ0v) is 11.9. The van der Waals surface area contributed by atoms with E-state index in [1.165, 1.54) is 16.5 Å². The van der Waals surface area contributed by atoms with Crippen molar-refractivity contribution >= 4 is 35.1 Å². The molecule has 1 aliphatic heterocycles. The van der Waals surface area contributed by atoms with Gasteiger partial charge in [0, 0.05) is 10.6 Å². The van der Waals surface area contributed by atoms with E-state index in [0.29, 0.717) is 5.82 Å². The molecular formula is C13H11ClN4OS. The van der Waals surface area contributed by atoms with Crippen molar-refractivity contribution in [1.82, 2.24) is 10.2 Å². The number of rotatable bonds is 3. The Morgan fingerprint density at radius 1 is 1.40 bits per heavy atom. The van der Waals surface area contributed by atoms with Gasteiger partial charge in [0.25, 0.3) is 5.91 Å². The fraction of sp³-hybridized carbons (Fsp3) is 0.154. The van der Waals surface area contributed by atoms with Gasteiger partial charge < -0.3 is 11.1 Å². The van der Waals surface area contributed by atoms with Gasteiger partial charge in [0.05, 0.1) is 11.6 Å². The maximum Gasteiger partial charge on any atom is 0.252 e. The van der Waals surface area contributed by atoms with E-state index in [1.54, 1.807) is 11.8 Å². The first-order chi connectivity index (χ1) is 9.65. The van der Waals surface area contributed by atoms with Crippen LogP contribution in [0.5, 0.6) is 0 Å². The van der Waals surface area contributed by atoms with Crippen LogP contribution in [0.3, 0.4) is 0 Å². The SMILES string of the molecule is NC(=O)c1cc(Cl)nnc1NC1CSc2ccccc21. The van der Waals surface area contributed by atoms with Gasteiger partial charge in [-0.2, -0.15) is 0 Å². The van der Waals surface area contributed by atoms with Gasteiger partial charge >= 0.3 is 0 Å². The van der Waals surface area contributed by atoms with E-state index in [9.17, 15) is 4.79 Å². The number of nitrogens with one attached hydrogen (secondary N) is 1. The van der Waals surface area contributed by atoms with Crippen molar-refractivity contribution in [2.24, 2.45) is 5.73 Å². The van der Waals surface area contributed by atoms with Crippen LogP contribution < -0.4 is 11.1 Å². The average Bonchev–Trinajstić information content (AvgIpc) is 2.84. The molecule has 0 bridgehead atoms. The molecule has 0 aliphatic carbocycles. The predicted octanol–water partition coefficient (Wildman–Crippen LogP) is 2.49. The molecular weight excluding hydrogens is 296 g/mol. The lowest BCUT2D eigenvalue weighted by atomic mass is 10.1. The molecule has 5 nitrogen and oxygen atoms in total. The summed E-state index contributed by atoms with van der Waals surface area (Å²) in [5, 5.41) is 11.1. The zero-order chi connectivity index (χ0) is 14.1. The molecule has 1 atom stereocenters. The zero-order valence-electron chi connectivity index (χ0n) is 10.3. The van der Waals surface area contributed by atoms with Crippen LogP contribution in [0, 0.1) is 0 Å². The number of hydrogen-bond acceptors (Lipinski definition) is 5. The Labute approximate surface area is 124 Å². The number of aromatic nitrogens is 2. The highest BCUT2D eigenvalue weighted by atomic mass is 35.5. The summed E-state index contributed by atoms with van der Waals surface area (Å²) in [6, 6.07) is 9.62. The van der Waals surface area contributed by atoms with Crippen LogP contribution in [-0.2, 0) is 0 Å². The highest BCUT2D eigenvalue weighted by Crippen LogP contribution is 2.39. The molecule has 1 aromatic heterocycles. The number of nitrogens with two attached hydrogens (primary N) is 1. The van der Waals surface area contributed by atoms with Gasteiger partial charge in [0.1, 0.15) is 0 Å². The van der Waals surface area contributed by atoms with Crippen LogP contribution in [0.1, 0.15) is 22.0 Å². The molecule has 102 valence electrons. The summed E-state index contributed by atoms with van der Waals surface area (Å²) in [5.41, 5.74) is 6.78. The summed E-state index contributed by atoms with van der Waals surface area (Å²) in [7, 11) is 0. The Kier molecular flexibility index (Phi) is 3.50. The number of anilines is 1. The van der Waals surface area contributed by atoms with E-state index in [2.05, 4.69) is 27.6 Å². The van der Waals surface area contributed by atoms with Crippen molar-refractivity contribution in [1.29, 1.82) is 0 Å². The second-order valence-corrected chi connectivity index (χ2v) is 5.79. The standard InChI is InChI=1S/C13H11ClN4OS/c14-11-5-8(12(15)19)13(18-17-11)16-9-6-20-10-4-2-1-3-7(9)10/h1-5,9H,6H2,(H2,15,19)(H,16,18). The fourth-order valence-electron chi connectivity index (χ4n) is 2.11. The summed E-state index contributed by atoms with van der Waals surface area (Å²) in [4.78, 5) is 12.7. The van der Waals surface area contributed by atoms with Crippen LogP contribution in [0.4, 0.5) is 5.82 Å². The minimum absolute atomic E-state index is 0.0739. The number of nitrogens with zero attached hydrogens (tertiary/aromatic N) is 2. The predicted molar refractivity (Wildman–Crippen MR) is 79.1 cm³/mol. The summed E-state index contributed by atoms with van der Waals surface area (Å²) >= 11 is 7.51. The molecule has 0 radical (unpaired) electrons. The van der Waals surface area contributed by atoms with Gasteiger partial charge in [-0.1, -0.05) is 29.8 Å². The Hall–Kier alpha value is -1.79. The molecule has 2 aromatic rings. The molecule has 3 N–H and O–H groups in total. The number of benzene rings is 1. The van der Waals surface area contributed by atoms with Gasteiger partial charge in [-0.05, 0) is 17.7 Å². The van der Waals surface area contributed by atoms with Crippen molar-refractivity contribution in [3.63, 3.8) is 0 Å². The lowest BCUT2D eigenvalue weighted by Crippen LogP contribution is -2.19. The van der Waals surface area contributed by atoms with Crippen molar-refractivity contribution < 1.29 is 4.79 Å². The van der Waals surface area contributed by atoms with E-state index < -0.39 is 5.91 Å².